The van der Waals surface area contributed by atoms with Crippen LogP contribution in [-0.2, 0) is 19.5 Å². The fraction of sp³-hybridized carbons (Fsp3) is 0.667. The summed E-state index contributed by atoms with van der Waals surface area (Å²) in [4.78, 5) is 9.46. The zero-order valence-electron chi connectivity index (χ0n) is 9.71. The van der Waals surface area contributed by atoms with Crippen molar-refractivity contribution in [1.82, 2.24) is 20.6 Å². The third kappa shape index (κ3) is 1.83. The summed E-state index contributed by atoms with van der Waals surface area (Å²) in [5.41, 5.74) is 3.80. The number of hydrogen-bond donors (Lipinski definition) is 2. The minimum Gasteiger partial charge on any atom is -0.314 e. The highest BCUT2D eigenvalue weighted by Crippen LogP contribution is 2.38. The Morgan fingerprint density at radius 2 is 2.25 bits per heavy atom. The lowest BCUT2D eigenvalue weighted by Crippen LogP contribution is -2.28. The van der Waals surface area contributed by atoms with Crippen molar-refractivity contribution in [3.8, 4) is 0 Å². The lowest BCUT2D eigenvalue weighted by Gasteiger charge is -2.20. The first kappa shape index (κ1) is 10.2. The summed E-state index contributed by atoms with van der Waals surface area (Å²) in [5.74, 6) is 1.74. The molecule has 1 aromatic heterocycles. The van der Waals surface area contributed by atoms with Gasteiger partial charge >= 0.3 is 0 Å². The van der Waals surface area contributed by atoms with Gasteiger partial charge in [0, 0.05) is 37.5 Å². The van der Waals surface area contributed by atoms with Crippen LogP contribution in [0.3, 0.4) is 0 Å². The van der Waals surface area contributed by atoms with Crippen molar-refractivity contribution < 1.29 is 0 Å². The summed E-state index contributed by atoms with van der Waals surface area (Å²) in [5, 5.41) is 6.60. The number of nitrogens with one attached hydrogen (secondary N) is 2. The van der Waals surface area contributed by atoms with Crippen LogP contribution in [0.1, 0.15) is 41.5 Å². The number of aromatic nitrogens is 2. The van der Waals surface area contributed by atoms with E-state index in [0.29, 0.717) is 5.92 Å². The van der Waals surface area contributed by atoms with Gasteiger partial charge in [-0.25, -0.2) is 9.97 Å². The number of hydrogen-bond acceptors (Lipinski definition) is 4. The van der Waals surface area contributed by atoms with Gasteiger partial charge in [0.05, 0.1) is 11.4 Å². The Kier molecular flexibility index (Phi) is 2.61. The van der Waals surface area contributed by atoms with Gasteiger partial charge in [-0.15, -0.1) is 0 Å². The maximum Gasteiger partial charge on any atom is 0.132 e. The van der Waals surface area contributed by atoms with Crippen LogP contribution in [0.15, 0.2) is 0 Å². The summed E-state index contributed by atoms with van der Waals surface area (Å²) >= 11 is 0. The van der Waals surface area contributed by atoms with E-state index in [1.54, 1.807) is 0 Å². The van der Waals surface area contributed by atoms with Gasteiger partial charge in [0.2, 0.25) is 0 Å². The molecule has 2 aliphatic rings. The van der Waals surface area contributed by atoms with Gasteiger partial charge in [0.1, 0.15) is 5.82 Å². The lowest BCUT2D eigenvalue weighted by atomic mass is 10.0. The van der Waals surface area contributed by atoms with E-state index < -0.39 is 0 Å². The highest BCUT2D eigenvalue weighted by atomic mass is 15.0. The zero-order valence-corrected chi connectivity index (χ0v) is 9.71. The number of rotatable bonds is 3. The Balaban J connectivity index is 2.01. The standard InChI is InChI=1S/C12H18N4/c1-13-7-11-9-6-14-5-4-10(9)15-12(16-11)8-2-3-8/h8,13-14H,2-7H2,1H3. The average Bonchev–Trinajstić information content (AvgIpc) is 3.13. The Bertz CT molecular complexity index is 398. The van der Waals surface area contributed by atoms with E-state index in [9.17, 15) is 0 Å². The Morgan fingerprint density at radius 1 is 1.38 bits per heavy atom. The van der Waals surface area contributed by atoms with Crippen molar-refractivity contribution >= 4 is 0 Å². The van der Waals surface area contributed by atoms with Crippen molar-refractivity contribution in [3.05, 3.63) is 22.8 Å². The lowest BCUT2D eigenvalue weighted by molar-refractivity contribution is 0.602. The van der Waals surface area contributed by atoms with Crippen molar-refractivity contribution in [3.63, 3.8) is 0 Å². The normalized spacial score (nSPS) is 19.6. The molecule has 1 aliphatic heterocycles. The molecule has 4 heteroatoms. The maximum absolute atomic E-state index is 4.74. The van der Waals surface area contributed by atoms with Crippen molar-refractivity contribution in [2.45, 2.75) is 38.3 Å². The molecule has 0 aromatic carbocycles. The first-order valence-corrected chi connectivity index (χ1v) is 6.12. The monoisotopic (exact) mass is 218 g/mol. The Labute approximate surface area is 95.9 Å². The third-order valence-corrected chi connectivity index (χ3v) is 3.32. The second kappa shape index (κ2) is 4.11. The van der Waals surface area contributed by atoms with Crippen LogP contribution in [0.2, 0.25) is 0 Å². The zero-order chi connectivity index (χ0) is 11.0. The summed E-state index contributed by atoms with van der Waals surface area (Å²) in [6.07, 6.45) is 3.60. The largest absolute Gasteiger partial charge is 0.314 e. The van der Waals surface area contributed by atoms with Crippen LogP contribution in [0.4, 0.5) is 0 Å². The predicted octanol–water partition coefficient (Wildman–Crippen LogP) is 0.719. The van der Waals surface area contributed by atoms with Crippen molar-refractivity contribution in [2.75, 3.05) is 13.6 Å². The molecule has 0 bridgehead atoms. The molecule has 0 atom stereocenters. The van der Waals surface area contributed by atoms with Gasteiger partial charge in [-0.05, 0) is 19.9 Å². The van der Waals surface area contributed by atoms with Crippen LogP contribution in [-0.4, -0.2) is 23.6 Å². The van der Waals surface area contributed by atoms with Gasteiger partial charge < -0.3 is 10.6 Å². The predicted molar refractivity (Wildman–Crippen MR) is 62.2 cm³/mol. The van der Waals surface area contributed by atoms with E-state index in [0.717, 1.165) is 31.9 Å². The topological polar surface area (TPSA) is 49.8 Å². The Hall–Kier alpha value is -1.00. The molecule has 0 spiro atoms. The molecule has 86 valence electrons. The molecule has 2 heterocycles. The summed E-state index contributed by atoms with van der Waals surface area (Å²) < 4.78 is 0. The second-order valence-corrected chi connectivity index (χ2v) is 4.69. The molecule has 1 aliphatic carbocycles. The van der Waals surface area contributed by atoms with Gasteiger partial charge in [-0.3, -0.25) is 0 Å². The molecule has 0 unspecified atom stereocenters. The van der Waals surface area contributed by atoms with Crippen molar-refractivity contribution in [1.29, 1.82) is 0 Å². The van der Waals surface area contributed by atoms with Crippen molar-refractivity contribution in [2.24, 2.45) is 0 Å². The second-order valence-electron chi connectivity index (χ2n) is 4.69. The van der Waals surface area contributed by atoms with E-state index in [1.807, 2.05) is 7.05 Å². The average molecular weight is 218 g/mol. The SMILES string of the molecule is CNCc1nc(C2CC2)nc2c1CNCC2. The first-order valence-electron chi connectivity index (χ1n) is 6.12. The van der Waals surface area contributed by atoms with E-state index >= 15 is 0 Å². The third-order valence-electron chi connectivity index (χ3n) is 3.32. The smallest absolute Gasteiger partial charge is 0.132 e. The molecular formula is C12H18N4. The molecule has 0 amide bonds. The fourth-order valence-electron chi connectivity index (χ4n) is 2.27. The molecule has 0 radical (unpaired) electrons. The highest BCUT2D eigenvalue weighted by Gasteiger charge is 2.28. The van der Waals surface area contributed by atoms with Crippen LogP contribution in [0.5, 0.6) is 0 Å². The van der Waals surface area contributed by atoms with Crippen LogP contribution >= 0.6 is 0 Å². The van der Waals surface area contributed by atoms with E-state index in [2.05, 4.69) is 10.6 Å². The highest BCUT2D eigenvalue weighted by molar-refractivity contribution is 5.29. The van der Waals surface area contributed by atoms with Crippen LogP contribution in [0.25, 0.3) is 0 Å². The molecule has 1 saturated carbocycles. The van der Waals surface area contributed by atoms with E-state index in [1.165, 1.54) is 29.8 Å². The van der Waals surface area contributed by atoms with Gasteiger partial charge in [0.25, 0.3) is 0 Å². The minimum absolute atomic E-state index is 0.649. The molecule has 0 saturated heterocycles. The summed E-state index contributed by atoms with van der Waals surface area (Å²) in [7, 11) is 1.97. The first-order chi connectivity index (χ1) is 7.88. The molecular weight excluding hydrogens is 200 g/mol. The van der Waals surface area contributed by atoms with E-state index in [4.69, 9.17) is 9.97 Å². The molecule has 1 aromatic rings. The summed E-state index contributed by atoms with van der Waals surface area (Å²) in [6.45, 7) is 2.83. The summed E-state index contributed by atoms with van der Waals surface area (Å²) in [6, 6.07) is 0. The minimum atomic E-state index is 0.649. The van der Waals surface area contributed by atoms with Gasteiger partial charge in [-0.2, -0.15) is 0 Å². The fourth-order valence-corrected chi connectivity index (χ4v) is 2.27. The molecule has 16 heavy (non-hydrogen) atoms. The number of fused-ring (bicyclic) bond motifs is 1. The van der Waals surface area contributed by atoms with E-state index in [-0.39, 0.29) is 0 Å². The maximum atomic E-state index is 4.74. The number of nitrogens with zero attached hydrogens (tertiary/aromatic N) is 2. The molecule has 4 nitrogen and oxygen atoms in total. The van der Waals surface area contributed by atoms with Gasteiger partial charge in [0.15, 0.2) is 0 Å². The van der Waals surface area contributed by atoms with Gasteiger partial charge in [-0.1, -0.05) is 0 Å². The van der Waals surface area contributed by atoms with Crippen LogP contribution in [0, 0.1) is 0 Å². The Morgan fingerprint density at radius 3 is 3.00 bits per heavy atom. The molecule has 1 fully saturated rings. The molecule has 3 rings (SSSR count). The quantitative estimate of drug-likeness (QED) is 0.785. The van der Waals surface area contributed by atoms with Crippen LogP contribution < -0.4 is 10.6 Å². The molecule has 2 N–H and O–H groups in total.